The Morgan fingerprint density at radius 1 is 0.850 bits per heavy atom. The lowest BCUT2D eigenvalue weighted by atomic mass is 10.2. The molecule has 1 saturated carbocycles. The van der Waals surface area contributed by atoms with Crippen LogP contribution in [-0.4, -0.2) is 64.1 Å². The van der Waals surface area contributed by atoms with Gasteiger partial charge in [-0.15, -0.1) is 0 Å². The van der Waals surface area contributed by atoms with E-state index in [2.05, 4.69) is 6.92 Å². The van der Waals surface area contributed by atoms with Crippen molar-refractivity contribution in [2.24, 2.45) is 5.92 Å². The molecule has 1 aliphatic carbocycles. The summed E-state index contributed by atoms with van der Waals surface area (Å²) in [6.45, 7) is 6.91. The van der Waals surface area contributed by atoms with E-state index >= 15 is 0 Å². The average molecular weight is 290 g/mol. The third-order valence-electron chi connectivity index (χ3n) is 3.21. The summed E-state index contributed by atoms with van der Waals surface area (Å²) in [6.07, 6.45) is 4.26. The van der Waals surface area contributed by atoms with Gasteiger partial charge in [-0.25, -0.2) is 0 Å². The number of aliphatic hydroxyl groups excluding tert-OH is 1. The Morgan fingerprint density at radius 3 is 1.85 bits per heavy atom. The summed E-state index contributed by atoms with van der Waals surface area (Å²) in [6, 6.07) is 0. The van der Waals surface area contributed by atoms with Gasteiger partial charge in [-0.3, -0.25) is 0 Å². The highest BCUT2D eigenvalue weighted by Crippen LogP contribution is 2.32. The van der Waals surface area contributed by atoms with Crippen molar-refractivity contribution in [3.63, 3.8) is 0 Å². The summed E-state index contributed by atoms with van der Waals surface area (Å²) in [4.78, 5) is 0. The maximum absolute atomic E-state index is 9.57. The van der Waals surface area contributed by atoms with Crippen molar-refractivity contribution in [1.82, 2.24) is 0 Å². The van der Waals surface area contributed by atoms with Crippen LogP contribution in [0.1, 0.15) is 32.6 Å². The first-order chi connectivity index (χ1) is 9.84. The average Bonchev–Trinajstić information content (AvgIpc) is 3.28. The minimum absolute atomic E-state index is 0.286. The first kappa shape index (κ1) is 17.9. The number of ether oxygens (including phenoxy) is 4. The lowest BCUT2D eigenvalue weighted by Gasteiger charge is -2.10. The number of unbranched alkanes of at least 4 members (excludes halogenated alkanes) is 1. The molecule has 0 aliphatic heterocycles. The number of hydrogen-bond donors (Lipinski definition) is 1. The summed E-state index contributed by atoms with van der Waals surface area (Å²) in [5.41, 5.74) is 0. The molecule has 0 aromatic heterocycles. The predicted molar refractivity (Wildman–Crippen MR) is 76.9 cm³/mol. The molecule has 0 aromatic carbocycles. The van der Waals surface area contributed by atoms with Crippen LogP contribution in [0.15, 0.2) is 0 Å². The normalized spacial score (nSPS) is 16.5. The molecule has 0 amide bonds. The molecule has 5 heteroatoms. The molecule has 1 aliphatic rings. The second kappa shape index (κ2) is 12.5. The predicted octanol–water partition coefficient (Wildman–Crippen LogP) is 1.62. The van der Waals surface area contributed by atoms with Crippen LogP contribution in [0.2, 0.25) is 0 Å². The van der Waals surface area contributed by atoms with E-state index in [0.717, 1.165) is 32.3 Å². The fourth-order valence-electron chi connectivity index (χ4n) is 1.73. The van der Waals surface area contributed by atoms with Crippen molar-refractivity contribution >= 4 is 0 Å². The molecule has 120 valence electrons. The van der Waals surface area contributed by atoms with E-state index in [1.54, 1.807) is 0 Å². The molecule has 0 aromatic rings. The van der Waals surface area contributed by atoms with Crippen molar-refractivity contribution in [2.75, 3.05) is 52.9 Å². The Labute approximate surface area is 122 Å². The van der Waals surface area contributed by atoms with Crippen LogP contribution >= 0.6 is 0 Å². The van der Waals surface area contributed by atoms with Gasteiger partial charge in [0.2, 0.25) is 0 Å². The molecule has 1 N–H and O–H groups in total. The highest BCUT2D eigenvalue weighted by molar-refractivity contribution is 4.80. The lowest BCUT2D eigenvalue weighted by molar-refractivity contribution is -0.0203. The van der Waals surface area contributed by atoms with Gasteiger partial charge in [0.05, 0.1) is 52.4 Å². The highest BCUT2D eigenvalue weighted by Gasteiger charge is 2.29. The SMILES string of the molecule is CCCCOCCOCCOCCOCC(O)C1CC1. The van der Waals surface area contributed by atoms with E-state index in [9.17, 15) is 5.11 Å². The van der Waals surface area contributed by atoms with Gasteiger partial charge < -0.3 is 24.1 Å². The van der Waals surface area contributed by atoms with Crippen LogP contribution in [0.25, 0.3) is 0 Å². The zero-order valence-corrected chi connectivity index (χ0v) is 12.7. The fraction of sp³-hybridized carbons (Fsp3) is 1.00. The summed E-state index contributed by atoms with van der Waals surface area (Å²) in [5, 5.41) is 9.57. The van der Waals surface area contributed by atoms with Gasteiger partial charge in [0.25, 0.3) is 0 Å². The minimum atomic E-state index is -0.286. The summed E-state index contributed by atoms with van der Waals surface area (Å²) in [7, 11) is 0. The van der Waals surface area contributed by atoms with Crippen LogP contribution in [0.4, 0.5) is 0 Å². The smallest absolute Gasteiger partial charge is 0.0801 e. The van der Waals surface area contributed by atoms with Crippen LogP contribution in [0.3, 0.4) is 0 Å². The highest BCUT2D eigenvalue weighted by atomic mass is 16.6. The molecule has 1 unspecified atom stereocenters. The summed E-state index contributed by atoms with van der Waals surface area (Å²) < 4.78 is 21.4. The summed E-state index contributed by atoms with van der Waals surface area (Å²) in [5.74, 6) is 0.476. The van der Waals surface area contributed by atoms with Gasteiger partial charge in [0.15, 0.2) is 0 Å². The van der Waals surface area contributed by atoms with E-state index in [1.807, 2.05) is 0 Å². The molecule has 0 saturated heterocycles. The molecule has 0 spiro atoms. The fourth-order valence-corrected chi connectivity index (χ4v) is 1.73. The first-order valence-electron chi connectivity index (χ1n) is 7.83. The van der Waals surface area contributed by atoms with E-state index in [4.69, 9.17) is 18.9 Å². The van der Waals surface area contributed by atoms with Gasteiger partial charge in [-0.1, -0.05) is 13.3 Å². The molecule has 0 radical (unpaired) electrons. The molecule has 0 bridgehead atoms. The standard InChI is InChI=1S/C15H30O5/c1-2-3-6-17-7-8-18-9-10-19-11-12-20-13-15(16)14-4-5-14/h14-16H,2-13H2,1H3. The van der Waals surface area contributed by atoms with Crippen LogP contribution < -0.4 is 0 Å². The van der Waals surface area contributed by atoms with E-state index in [0.29, 0.717) is 52.2 Å². The van der Waals surface area contributed by atoms with Crippen LogP contribution in [0, 0.1) is 5.92 Å². The van der Waals surface area contributed by atoms with Crippen molar-refractivity contribution in [2.45, 2.75) is 38.7 Å². The molecular weight excluding hydrogens is 260 g/mol. The van der Waals surface area contributed by atoms with Gasteiger partial charge in [0, 0.05) is 6.61 Å². The second-order valence-corrected chi connectivity index (χ2v) is 5.17. The topological polar surface area (TPSA) is 57.2 Å². The number of hydrogen-bond acceptors (Lipinski definition) is 5. The van der Waals surface area contributed by atoms with Crippen molar-refractivity contribution in [1.29, 1.82) is 0 Å². The zero-order chi connectivity index (χ0) is 14.5. The lowest BCUT2D eigenvalue weighted by Crippen LogP contribution is -2.19. The quantitative estimate of drug-likeness (QED) is 0.465. The monoisotopic (exact) mass is 290 g/mol. The van der Waals surface area contributed by atoms with Gasteiger partial charge >= 0.3 is 0 Å². The minimum Gasteiger partial charge on any atom is -0.390 e. The van der Waals surface area contributed by atoms with Crippen molar-refractivity contribution in [3.8, 4) is 0 Å². The Balaban J connectivity index is 1.66. The van der Waals surface area contributed by atoms with E-state index in [-0.39, 0.29) is 6.10 Å². The largest absolute Gasteiger partial charge is 0.390 e. The Morgan fingerprint density at radius 2 is 1.35 bits per heavy atom. The Hall–Kier alpha value is -0.200. The maximum atomic E-state index is 9.57. The van der Waals surface area contributed by atoms with Crippen molar-refractivity contribution < 1.29 is 24.1 Å². The zero-order valence-electron chi connectivity index (χ0n) is 12.7. The van der Waals surface area contributed by atoms with E-state index in [1.165, 1.54) is 0 Å². The molecular formula is C15H30O5. The molecule has 20 heavy (non-hydrogen) atoms. The third kappa shape index (κ3) is 10.6. The summed E-state index contributed by atoms with van der Waals surface area (Å²) >= 11 is 0. The molecule has 0 heterocycles. The first-order valence-corrected chi connectivity index (χ1v) is 7.83. The van der Waals surface area contributed by atoms with Crippen molar-refractivity contribution in [3.05, 3.63) is 0 Å². The van der Waals surface area contributed by atoms with Gasteiger partial charge in [0.1, 0.15) is 0 Å². The molecule has 1 atom stereocenters. The molecule has 1 rings (SSSR count). The molecule has 5 nitrogen and oxygen atoms in total. The number of rotatable bonds is 15. The van der Waals surface area contributed by atoms with Crippen LogP contribution in [0.5, 0.6) is 0 Å². The molecule has 1 fully saturated rings. The second-order valence-electron chi connectivity index (χ2n) is 5.17. The Kier molecular flexibility index (Phi) is 11.2. The third-order valence-corrected chi connectivity index (χ3v) is 3.21. The van der Waals surface area contributed by atoms with Crippen LogP contribution in [-0.2, 0) is 18.9 Å². The van der Waals surface area contributed by atoms with E-state index < -0.39 is 0 Å². The maximum Gasteiger partial charge on any atom is 0.0801 e. The van der Waals surface area contributed by atoms with Gasteiger partial charge in [-0.05, 0) is 25.2 Å². The van der Waals surface area contributed by atoms with Gasteiger partial charge in [-0.2, -0.15) is 0 Å². The number of aliphatic hydroxyl groups is 1. The Bertz CT molecular complexity index is 208.